The van der Waals surface area contributed by atoms with Gasteiger partial charge in [0.2, 0.25) is 5.95 Å². The van der Waals surface area contributed by atoms with Crippen LogP contribution in [0.25, 0.3) is 0 Å². The van der Waals surface area contributed by atoms with E-state index in [0.717, 1.165) is 55.5 Å². The Morgan fingerprint density at radius 3 is 2.68 bits per heavy atom. The third kappa shape index (κ3) is 2.82. The summed E-state index contributed by atoms with van der Waals surface area (Å²) in [6, 6.07) is 4.21. The summed E-state index contributed by atoms with van der Waals surface area (Å²) < 4.78 is 2.04. The summed E-state index contributed by atoms with van der Waals surface area (Å²) in [5.74, 6) is 1.88. The zero-order valence-electron chi connectivity index (χ0n) is 14.7. The standard InChI is InChI=1S/C19H25N5O/c1-12-9-16(13-3-2-4-13)21-19(20-12)23-7-8-24-15(11-23)10-17(22-24)18(25)14-5-6-14/h9-10,13-14,18,25H,2-8,11H2,1H3/t18-/m0/s1. The van der Waals surface area contributed by atoms with Crippen LogP contribution in [0.1, 0.15) is 66.9 Å². The highest BCUT2D eigenvalue weighted by Gasteiger charge is 2.33. The van der Waals surface area contributed by atoms with Crippen LogP contribution in [-0.2, 0) is 13.1 Å². The minimum Gasteiger partial charge on any atom is -0.386 e. The molecule has 6 nitrogen and oxygen atoms in total. The number of fused-ring (bicyclic) bond motifs is 1. The van der Waals surface area contributed by atoms with Crippen molar-refractivity contribution in [3.05, 3.63) is 34.9 Å². The van der Waals surface area contributed by atoms with Crippen LogP contribution in [0.3, 0.4) is 0 Å². The lowest BCUT2D eigenvalue weighted by molar-refractivity contribution is 0.148. The maximum Gasteiger partial charge on any atom is 0.226 e. The molecule has 0 amide bonds. The minimum atomic E-state index is -0.396. The second-order valence-corrected chi connectivity index (χ2v) is 7.85. The number of hydrogen-bond donors (Lipinski definition) is 1. The molecule has 132 valence electrons. The van der Waals surface area contributed by atoms with Crippen LogP contribution < -0.4 is 4.90 Å². The van der Waals surface area contributed by atoms with Gasteiger partial charge in [-0.15, -0.1) is 0 Å². The molecule has 3 heterocycles. The maximum atomic E-state index is 10.3. The summed E-state index contributed by atoms with van der Waals surface area (Å²) in [6.45, 7) is 4.51. The molecule has 25 heavy (non-hydrogen) atoms. The van der Waals surface area contributed by atoms with E-state index in [1.807, 2.05) is 4.68 Å². The molecule has 0 unspecified atom stereocenters. The first-order valence-electron chi connectivity index (χ1n) is 9.52. The summed E-state index contributed by atoms with van der Waals surface area (Å²) in [5.41, 5.74) is 4.24. The first-order chi connectivity index (χ1) is 12.2. The molecule has 0 bridgehead atoms. The molecule has 2 saturated carbocycles. The van der Waals surface area contributed by atoms with Crippen molar-refractivity contribution >= 4 is 5.95 Å². The molecule has 1 N–H and O–H groups in total. The second-order valence-electron chi connectivity index (χ2n) is 7.85. The Labute approximate surface area is 147 Å². The molecule has 2 aliphatic carbocycles. The van der Waals surface area contributed by atoms with Crippen molar-refractivity contribution in [2.24, 2.45) is 5.92 Å². The molecule has 5 rings (SSSR count). The maximum absolute atomic E-state index is 10.3. The fourth-order valence-electron chi connectivity index (χ4n) is 3.89. The normalized spacial score (nSPS) is 21.8. The van der Waals surface area contributed by atoms with Crippen molar-refractivity contribution in [3.63, 3.8) is 0 Å². The Hall–Kier alpha value is -1.95. The predicted molar refractivity (Wildman–Crippen MR) is 94.3 cm³/mol. The van der Waals surface area contributed by atoms with Gasteiger partial charge in [-0.25, -0.2) is 9.97 Å². The SMILES string of the molecule is Cc1cc(C2CCC2)nc(N2CCn3nc([C@@H](O)C4CC4)cc3C2)n1. The smallest absolute Gasteiger partial charge is 0.226 e. The van der Waals surface area contributed by atoms with Gasteiger partial charge in [-0.3, -0.25) is 4.68 Å². The Bertz CT molecular complexity index is 793. The van der Waals surface area contributed by atoms with Crippen molar-refractivity contribution in [3.8, 4) is 0 Å². The molecule has 0 saturated heterocycles. The van der Waals surface area contributed by atoms with Crippen molar-refractivity contribution in [2.75, 3.05) is 11.4 Å². The molecule has 0 spiro atoms. The number of aryl methyl sites for hydroxylation is 1. The highest BCUT2D eigenvalue weighted by molar-refractivity contribution is 5.36. The highest BCUT2D eigenvalue weighted by Crippen LogP contribution is 2.41. The highest BCUT2D eigenvalue weighted by atomic mass is 16.3. The Kier molecular flexibility index (Phi) is 3.55. The molecule has 1 atom stereocenters. The van der Waals surface area contributed by atoms with E-state index in [1.54, 1.807) is 0 Å². The minimum absolute atomic E-state index is 0.396. The van der Waals surface area contributed by atoms with Crippen LogP contribution in [0, 0.1) is 12.8 Å². The largest absolute Gasteiger partial charge is 0.386 e. The van der Waals surface area contributed by atoms with Gasteiger partial charge in [0.05, 0.1) is 24.5 Å². The number of hydrogen-bond acceptors (Lipinski definition) is 5. The Morgan fingerprint density at radius 2 is 1.96 bits per heavy atom. The second kappa shape index (κ2) is 5.80. The van der Waals surface area contributed by atoms with Gasteiger partial charge >= 0.3 is 0 Å². The molecular formula is C19H25N5O. The van der Waals surface area contributed by atoms with Crippen molar-refractivity contribution in [1.29, 1.82) is 0 Å². The van der Waals surface area contributed by atoms with E-state index in [0.29, 0.717) is 11.8 Å². The molecule has 1 aliphatic heterocycles. The predicted octanol–water partition coefficient (Wildman–Crippen LogP) is 2.71. The number of rotatable bonds is 4. The number of anilines is 1. The van der Waals surface area contributed by atoms with E-state index >= 15 is 0 Å². The average molecular weight is 339 g/mol. The van der Waals surface area contributed by atoms with Gasteiger partial charge in [0.15, 0.2) is 0 Å². The molecule has 2 aromatic rings. The molecular weight excluding hydrogens is 314 g/mol. The molecule has 2 aromatic heterocycles. The number of nitrogens with zero attached hydrogens (tertiary/aromatic N) is 5. The topological polar surface area (TPSA) is 67.1 Å². The molecule has 2 fully saturated rings. The van der Waals surface area contributed by atoms with E-state index in [1.165, 1.54) is 25.0 Å². The third-order valence-electron chi connectivity index (χ3n) is 5.86. The van der Waals surface area contributed by atoms with Crippen molar-refractivity contribution in [2.45, 2.75) is 64.1 Å². The van der Waals surface area contributed by atoms with Gasteiger partial charge < -0.3 is 10.0 Å². The third-order valence-corrected chi connectivity index (χ3v) is 5.86. The van der Waals surface area contributed by atoms with Crippen LogP contribution in [0.5, 0.6) is 0 Å². The van der Waals surface area contributed by atoms with Crippen LogP contribution in [0.15, 0.2) is 12.1 Å². The monoisotopic (exact) mass is 339 g/mol. The molecule has 0 radical (unpaired) electrons. The van der Waals surface area contributed by atoms with Crippen LogP contribution in [0.4, 0.5) is 5.95 Å². The quantitative estimate of drug-likeness (QED) is 0.928. The summed E-state index contributed by atoms with van der Waals surface area (Å²) in [4.78, 5) is 11.8. The molecule has 0 aromatic carbocycles. The Morgan fingerprint density at radius 1 is 1.12 bits per heavy atom. The first-order valence-corrected chi connectivity index (χ1v) is 9.52. The van der Waals surface area contributed by atoms with Gasteiger partial charge in [0.25, 0.3) is 0 Å². The lowest BCUT2D eigenvalue weighted by Crippen LogP contribution is -2.35. The zero-order chi connectivity index (χ0) is 17.0. The van der Waals surface area contributed by atoms with Crippen LogP contribution in [-0.4, -0.2) is 31.4 Å². The molecule has 6 heteroatoms. The zero-order valence-corrected chi connectivity index (χ0v) is 14.7. The fourth-order valence-corrected chi connectivity index (χ4v) is 3.89. The van der Waals surface area contributed by atoms with Gasteiger partial charge in [0.1, 0.15) is 6.10 Å². The van der Waals surface area contributed by atoms with Crippen molar-refractivity contribution in [1.82, 2.24) is 19.7 Å². The first kappa shape index (κ1) is 15.3. The number of aromatic nitrogens is 4. The number of aliphatic hydroxyl groups is 1. The summed E-state index contributed by atoms with van der Waals surface area (Å²) in [7, 11) is 0. The summed E-state index contributed by atoms with van der Waals surface area (Å²) in [6.07, 6.45) is 5.67. The van der Waals surface area contributed by atoms with Gasteiger partial charge in [-0.2, -0.15) is 5.10 Å². The average Bonchev–Trinajstić information content (AvgIpc) is 3.30. The van der Waals surface area contributed by atoms with E-state index in [9.17, 15) is 5.11 Å². The van der Waals surface area contributed by atoms with E-state index in [4.69, 9.17) is 4.98 Å². The van der Waals surface area contributed by atoms with Gasteiger partial charge in [0, 0.05) is 23.9 Å². The summed E-state index contributed by atoms with van der Waals surface area (Å²) >= 11 is 0. The molecule has 3 aliphatic rings. The van der Waals surface area contributed by atoms with Crippen LogP contribution in [0.2, 0.25) is 0 Å². The number of aliphatic hydroxyl groups excluding tert-OH is 1. The summed E-state index contributed by atoms with van der Waals surface area (Å²) in [5, 5.41) is 15.0. The van der Waals surface area contributed by atoms with Gasteiger partial charge in [-0.1, -0.05) is 6.42 Å². The lowest BCUT2D eigenvalue weighted by atomic mass is 9.83. The van der Waals surface area contributed by atoms with E-state index in [-0.39, 0.29) is 0 Å². The van der Waals surface area contributed by atoms with Crippen molar-refractivity contribution < 1.29 is 5.11 Å². The fraction of sp³-hybridized carbons (Fsp3) is 0.632. The van der Waals surface area contributed by atoms with Crippen LogP contribution >= 0.6 is 0 Å². The van der Waals surface area contributed by atoms with E-state index < -0.39 is 6.10 Å². The van der Waals surface area contributed by atoms with Gasteiger partial charge in [-0.05, 0) is 50.7 Å². The Balaban J connectivity index is 1.39. The lowest BCUT2D eigenvalue weighted by Gasteiger charge is -2.30. The van der Waals surface area contributed by atoms with E-state index in [2.05, 4.69) is 34.0 Å².